The van der Waals surface area contributed by atoms with E-state index in [0.29, 0.717) is 0 Å². The minimum atomic E-state index is -1.75. The summed E-state index contributed by atoms with van der Waals surface area (Å²) < 4.78 is 0. The van der Waals surface area contributed by atoms with Crippen molar-refractivity contribution < 1.29 is 4.80 Å². The first-order valence-electron chi connectivity index (χ1n) is 4.25. The average molecular weight is 180 g/mol. The Morgan fingerprint density at radius 2 is 1.58 bits per heavy atom. The zero-order chi connectivity index (χ0) is 9.19. The fourth-order valence-electron chi connectivity index (χ4n) is 1.14. The quantitative estimate of drug-likeness (QED) is 0.648. The molecule has 0 aliphatic heterocycles. The largest absolute Gasteiger partial charge is 0.430 e. The van der Waals surface area contributed by atoms with E-state index in [4.69, 9.17) is 0 Å². The molecule has 12 heavy (non-hydrogen) atoms. The summed E-state index contributed by atoms with van der Waals surface area (Å²) in [6, 6.07) is 9.98. The summed E-state index contributed by atoms with van der Waals surface area (Å²) in [6.07, 6.45) is 0. The fraction of sp³-hybridized carbons (Fsp3) is 0.400. The minimum absolute atomic E-state index is 0.0569. The molecule has 0 heterocycles. The summed E-state index contributed by atoms with van der Waals surface area (Å²) in [6.45, 7) is 6.28. The van der Waals surface area contributed by atoms with Gasteiger partial charge < -0.3 is 4.80 Å². The molecule has 1 nitrogen and oxygen atoms in total. The van der Waals surface area contributed by atoms with Crippen molar-refractivity contribution in [1.82, 2.24) is 0 Å². The van der Waals surface area contributed by atoms with Gasteiger partial charge in [0.2, 0.25) is 9.04 Å². The van der Waals surface area contributed by atoms with E-state index in [0.717, 1.165) is 5.19 Å². The van der Waals surface area contributed by atoms with Crippen LogP contribution in [0, 0.1) is 0 Å². The second-order valence-electron chi connectivity index (χ2n) is 4.18. The monoisotopic (exact) mass is 180 g/mol. The zero-order valence-electron chi connectivity index (χ0n) is 7.91. The van der Waals surface area contributed by atoms with Gasteiger partial charge in [0.05, 0.1) is 0 Å². The molecule has 1 rings (SSSR count). The minimum Gasteiger partial charge on any atom is -0.430 e. The topological polar surface area (TPSA) is 20.2 Å². The van der Waals surface area contributed by atoms with Gasteiger partial charge in [0.1, 0.15) is 0 Å². The molecular weight excluding hydrogens is 164 g/mol. The molecule has 2 heteroatoms. The number of hydrogen-bond donors (Lipinski definition) is 1. The highest BCUT2D eigenvalue weighted by Gasteiger charge is 2.25. The van der Waals surface area contributed by atoms with Gasteiger partial charge in [-0.1, -0.05) is 51.1 Å². The smallest absolute Gasteiger partial charge is 0.209 e. The third-order valence-electron chi connectivity index (χ3n) is 1.94. The lowest BCUT2D eigenvalue weighted by Crippen LogP contribution is -2.38. The van der Waals surface area contributed by atoms with E-state index in [1.54, 1.807) is 0 Å². The molecule has 0 spiro atoms. The maximum absolute atomic E-state index is 10.00. The average Bonchev–Trinajstić information content (AvgIpc) is 2.03. The van der Waals surface area contributed by atoms with Crippen molar-refractivity contribution in [3.63, 3.8) is 0 Å². The molecule has 1 aromatic rings. The normalized spacial score (nSPS) is 14.3. The lowest BCUT2D eigenvalue weighted by molar-refractivity contribution is 0.526. The van der Waals surface area contributed by atoms with Gasteiger partial charge in [-0.3, -0.25) is 0 Å². The predicted molar refractivity (Wildman–Crippen MR) is 55.2 cm³/mol. The molecule has 0 saturated carbocycles. The van der Waals surface area contributed by atoms with Crippen LogP contribution in [0.1, 0.15) is 20.8 Å². The maximum Gasteiger partial charge on any atom is 0.209 e. The van der Waals surface area contributed by atoms with Crippen LogP contribution in [0.2, 0.25) is 5.04 Å². The molecule has 0 aliphatic rings. The van der Waals surface area contributed by atoms with Gasteiger partial charge in [0.25, 0.3) is 0 Å². The summed E-state index contributed by atoms with van der Waals surface area (Å²) in [7, 11) is -1.75. The van der Waals surface area contributed by atoms with Gasteiger partial charge >= 0.3 is 0 Å². The third-order valence-corrected chi connectivity index (χ3v) is 4.59. The van der Waals surface area contributed by atoms with E-state index in [2.05, 4.69) is 20.8 Å². The Bertz CT molecular complexity index is 238. The fourth-order valence-corrected chi connectivity index (χ4v) is 2.72. The lowest BCUT2D eigenvalue weighted by Gasteiger charge is -2.23. The molecule has 1 atom stereocenters. The van der Waals surface area contributed by atoms with Crippen LogP contribution >= 0.6 is 0 Å². The molecule has 1 unspecified atom stereocenters. The molecule has 0 fully saturated rings. The van der Waals surface area contributed by atoms with Crippen molar-refractivity contribution in [3.05, 3.63) is 30.3 Å². The van der Waals surface area contributed by atoms with Gasteiger partial charge in [0, 0.05) is 0 Å². The standard InChI is InChI=1S/C10H16OSi/c1-10(2,3)12(11)9-7-5-4-6-8-9/h4-8,11-12H,1-3H3. The maximum atomic E-state index is 10.00. The molecule has 0 saturated heterocycles. The first-order chi connectivity index (χ1) is 5.52. The summed E-state index contributed by atoms with van der Waals surface area (Å²) >= 11 is 0. The predicted octanol–water partition coefficient (Wildman–Crippen LogP) is 1.41. The molecule has 1 N–H and O–H groups in total. The van der Waals surface area contributed by atoms with Crippen LogP contribution in [0.5, 0.6) is 0 Å². The summed E-state index contributed by atoms with van der Waals surface area (Å²) in [5, 5.41) is 1.19. The van der Waals surface area contributed by atoms with Crippen molar-refractivity contribution in [2.75, 3.05) is 0 Å². The molecule has 0 bridgehead atoms. The molecule has 66 valence electrons. The first kappa shape index (κ1) is 9.48. The van der Waals surface area contributed by atoms with Gasteiger partial charge in [0.15, 0.2) is 0 Å². The summed E-state index contributed by atoms with van der Waals surface area (Å²) in [5.74, 6) is 0. The van der Waals surface area contributed by atoms with Crippen LogP contribution in [0.4, 0.5) is 0 Å². The highest BCUT2D eigenvalue weighted by Crippen LogP contribution is 2.24. The van der Waals surface area contributed by atoms with Gasteiger partial charge in [-0.15, -0.1) is 0 Å². The lowest BCUT2D eigenvalue weighted by atomic mass is 10.2. The van der Waals surface area contributed by atoms with Gasteiger partial charge in [-0.2, -0.15) is 0 Å². The van der Waals surface area contributed by atoms with Crippen molar-refractivity contribution in [2.24, 2.45) is 0 Å². The van der Waals surface area contributed by atoms with Crippen molar-refractivity contribution in [2.45, 2.75) is 25.8 Å². The Labute approximate surface area is 75.8 Å². The SMILES string of the molecule is CC(C)(C)[SiH](O)c1ccccc1. The van der Waals surface area contributed by atoms with Crippen LogP contribution in [0.15, 0.2) is 30.3 Å². The van der Waals surface area contributed by atoms with E-state index in [1.165, 1.54) is 0 Å². The molecular formula is C10H16OSi. The second-order valence-corrected chi connectivity index (χ2v) is 7.38. The molecule has 1 aromatic carbocycles. The van der Waals surface area contributed by atoms with Crippen LogP contribution in [0.3, 0.4) is 0 Å². The first-order valence-corrected chi connectivity index (χ1v) is 5.92. The van der Waals surface area contributed by atoms with E-state index in [1.807, 2.05) is 30.3 Å². The molecule has 0 aromatic heterocycles. The van der Waals surface area contributed by atoms with Crippen LogP contribution in [-0.4, -0.2) is 13.8 Å². The molecule has 0 radical (unpaired) electrons. The third kappa shape index (κ3) is 2.19. The highest BCUT2D eigenvalue weighted by molar-refractivity contribution is 6.68. The molecule has 0 amide bonds. The van der Waals surface area contributed by atoms with E-state index >= 15 is 0 Å². The highest BCUT2D eigenvalue weighted by atomic mass is 28.3. The number of rotatable bonds is 1. The molecule has 0 aliphatic carbocycles. The van der Waals surface area contributed by atoms with Gasteiger partial charge in [-0.05, 0) is 10.2 Å². The van der Waals surface area contributed by atoms with Crippen LogP contribution < -0.4 is 5.19 Å². The Morgan fingerprint density at radius 1 is 1.08 bits per heavy atom. The Morgan fingerprint density at radius 3 is 2.00 bits per heavy atom. The second kappa shape index (κ2) is 3.41. The van der Waals surface area contributed by atoms with Gasteiger partial charge in [-0.25, -0.2) is 0 Å². The number of hydrogen-bond acceptors (Lipinski definition) is 1. The summed E-state index contributed by atoms with van der Waals surface area (Å²) in [5.41, 5.74) is 0. The number of benzene rings is 1. The van der Waals surface area contributed by atoms with Crippen molar-refractivity contribution >= 4 is 14.2 Å². The zero-order valence-corrected chi connectivity index (χ0v) is 9.07. The van der Waals surface area contributed by atoms with E-state index < -0.39 is 9.04 Å². The van der Waals surface area contributed by atoms with Crippen molar-refractivity contribution in [3.8, 4) is 0 Å². The van der Waals surface area contributed by atoms with Crippen molar-refractivity contribution in [1.29, 1.82) is 0 Å². The Balaban J connectivity index is 2.86. The Hall–Kier alpha value is -0.603. The van der Waals surface area contributed by atoms with Crippen LogP contribution in [0.25, 0.3) is 0 Å². The van der Waals surface area contributed by atoms with E-state index in [9.17, 15) is 4.80 Å². The van der Waals surface area contributed by atoms with E-state index in [-0.39, 0.29) is 5.04 Å². The Kier molecular flexibility index (Phi) is 2.70. The summed E-state index contributed by atoms with van der Waals surface area (Å²) in [4.78, 5) is 10.00. The van der Waals surface area contributed by atoms with Crippen LogP contribution in [-0.2, 0) is 0 Å².